The molecule has 1 aliphatic heterocycles. The Kier molecular flexibility index (Phi) is 4.67. The van der Waals surface area contributed by atoms with Crippen LogP contribution in [0.1, 0.15) is 41.3 Å². The number of carbonyl (C=O) groups excluding carboxylic acids is 1. The number of rotatable bonds is 4. The Morgan fingerprint density at radius 2 is 2.13 bits per heavy atom. The summed E-state index contributed by atoms with van der Waals surface area (Å²) in [6, 6.07) is 10.7. The second kappa shape index (κ2) is 6.87. The van der Waals surface area contributed by atoms with Crippen LogP contribution < -0.4 is 0 Å². The van der Waals surface area contributed by atoms with Crippen molar-refractivity contribution in [2.24, 2.45) is 0 Å². The van der Waals surface area contributed by atoms with E-state index < -0.39 is 11.9 Å². The topological polar surface area (TPSA) is 53.4 Å². The van der Waals surface area contributed by atoms with Crippen LogP contribution >= 0.6 is 0 Å². The molecule has 1 N–H and O–H groups in total. The third-order valence-electron chi connectivity index (χ3n) is 4.32. The number of aromatic nitrogens is 1. The average Bonchev–Trinajstić information content (AvgIpc) is 3.03. The summed E-state index contributed by atoms with van der Waals surface area (Å²) in [5.74, 6) is -0.931. The van der Waals surface area contributed by atoms with Gasteiger partial charge in [-0.2, -0.15) is 0 Å². The van der Waals surface area contributed by atoms with Crippen molar-refractivity contribution in [1.29, 1.82) is 0 Å². The summed E-state index contributed by atoms with van der Waals surface area (Å²) in [5.41, 5.74) is 0.878. The molecule has 120 valence electrons. The third kappa shape index (κ3) is 3.40. The molecule has 5 heteroatoms. The van der Waals surface area contributed by atoms with Crippen molar-refractivity contribution < 1.29 is 14.3 Å². The summed E-state index contributed by atoms with van der Waals surface area (Å²) in [6.45, 7) is 0.590. The quantitative estimate of drug-likeness (QED) is 0.944. The molecule has 23 heavy (non-hydrogen) atoms. The zero-order valence-electron chi connectivity index (χ0n) is 12.7. The second-order valence-corrected chi connectivity index (χ2v) is 5.81. The molecule has 0 aliphatic carbocycles. The van der Waals surface area contributed by atoms with Gasteiger partial charge in [0.1, 0.15) is 0 Å². The van der Waals surface area contributed by atoms with Gasteiger partial charge in [0.05, 0.1) is 17.9 Å². The Morgan fingerprint density at radius 1 is 1.35 bits per heavy atom. The molecular formula is C18H19FN2O2. The molecule has 1 aliphatic rings. The lowest BCUT2D eigenvalue weighted by molar-refractivity contribution is 0.0662. The molecule has 0 saturated carbocycles. The number of halogens is 1. The van der Waals surface area contributed by atoms with Crippen molar-refractivity contribution in [2.45, 2.75) is 31.4 Å². The van der Waals surface area contributed by atoms with Gasteiger partial charge in [-0.3, -0.25) is 9.78 Å². The molecule has 2 aromatic rings. The number of aliphatic hydroxyl groups is 1. The lowest BCUT2D eigenvalue weighted by Gasteiger charge is -2.27. The van der Waals surface area contributed by atoms with E-state index in [1.807, 2.05) is 30.3 Å². The molecule has 2 heterocycles. The van der Waals surface area contributed by atoms with Gasteiger partial charge in [0, 0.05) is 18.8 Å². The average molecular weight is 314 g/mol. The standard InChI is InChI=1S/C18H19FN2O2/c19-16-12-20-9-8-15(16)18(23)21-10-4-7-14(21)11-17(22)13-5-2-1-3-6-13/h1-3,5-6,8-9,12,14,17,22H,4,7,10-11H2. The molecule has 2 unspecified atom stereocenters. The van der Waals surface area contributed by atoms with Gasteiger partial charge in [0.15, 0.2) is 5.82 Å². The number of amides is 1. The van der Waals surface area contributed by atoms with Gasteiger partial charge >= 0.3 is 0 Å². The summed E-state index contributed by atoms with van der Waals surface area (Å²) in [5, 5.41) is 10.4. The molecule has 1 aromatic heterocycles. The smallest absolute Gasteiger partial charge is 0.257 e. The minimum Gasteiger partial charge on any atom is -0.388 e. The first kappa shape index (κ1) is 15.6. The van der Waals surface area contributed by atoms with E-state index in [-0.39, 0.29) is 17.5 Å². The lowest BCUT2D eigenvalue weighted by atomic mass is 10.0. The molecule has 0 bridgehead atoms. The molecule has 1 fully saturated rings. The van der Waals surface area contributed by atoms with Crippen molar-refractivity contribution in [1.82, 2.24) is 9.88 Å². The van der Waals surface area contributed by atoms with E-state index in [2.05, 4.69) is 4.98 Å². The van der Waals surface area contributed by atoms with Gasteiger partial charge < -0.3 is 10.0 Å². The van der Waals surface area contributed by atoms with Gasteiger partial charge in [-0.15, -0.1) is 0 Å². The zero-order chi connectivity index (χ0) is 16.2. The van der Waals surface area contributed by atoms with E-state index in [0.717, 1.165) is 24.6 Å². The Hall–Kier alpha value is -2.27. The highest BCUT2D eigenvalue weighted by molar-refractivity contribution is 5.94. The molecule has 0 spiro atoms. The van der Waals surface area contributed by atoms with E-state index in [4.69, 9.17) is 0 Å². The Balaban J connectivity index is 1.73. The summed E-state index contributed by atoms with van der Waals surface area (Å²) < 4.78 is 13.8. The van der Waals surface area contributed by atoms with Gasteiger partial charge in [-0.05, 0) is 30.9 Å². The van der Waals surface area contributed by atoms with Crippen LogP contribution in [0.25, 0.3) is 0 Å². The van der Waals surface area contributed by atoms with Gasteiger partial charge in [-0.1, -0.05) is 30.3 Å². The Bertz CT molecular complexity index is 678. The summed E-state index contributed by atoms with van der Waals surface area (Å²) >= 11 is 0. The fraction of sp³-hybridized carbons (Fsp3) is 0.333. The number of nitrogens with zero attached hydrogens (tertiary/aromatic N) is 2. The van der Waals surface area contributed by atoms with Gasteiger partial charge in [0.2, 0.25) is 0 Å². The van der Waals surface area contributed by atoms with Crippen molar-refractivity contribution in [3.63, 3.8) is 0 Å². The first-order valence-electron chi connectivity index (χ1n) is 7.80. The summed E-state index contributed by atoms with van der Waals surface area (Å²) in [6.07, 6.45) is 3.99. The maximum absolute atomic E-state index is 13.8. The van der Waals surface area contributed by atoms with Crippen LogP contribution in [0.4, 0.5) is 4.39 Å². The third-order valence-corrected chi connectivity index (χ3v) is 4.32. The van der Waals surface area contributed by atoms with Crippen molar-refractivity contribution >= 4 is 5.91 Å². The van der Waals surface area contributed by atoms with E-state index in [1.165, 1.54) is 12.3 Å². The summed E-state index contributed by atoms with van der Waals surface area (Å²) in [4.78, 5) is 17.9. The molecule has 1 aromatic carbocycles. The fourth-order valence-corrected chi connectivity index (χ4v) is 3.12. The highest BCUT2D eigenvalue weighted by atomic mass is 19.1. The molecule has 3 rings (SSSR count). The monoisotopic (exact) mass is 314 g/mol. The van der Waals surface area contributed by atoms with Crippen LogP contribution in [-0.4, -0.2) is 33.5 Å². The van der Waals surface area contributed by atoms with Crippen LogP contribution in [0.3, 0.4) is 0 Å². The molecular weight excluding hydrogens is 295 g/mol. The van der Waals surface area contributed by atoms with Crippen molar-refractivity contribution in [3.05, 3.63) is 65.7 Å². The largest absolute Gasteiger partial charge is 0.388 e. The van der Waals surface area contributed by atoms with Gasteiger partial charge in [-0.25, -0.2) is 4.39 Å². The van der Waals surface area contributed by atoms with Crippen LogP contribution in [0.15, 0.2) is 48.8 Å². The predicted octanol–water partition coefficient (Wildman–Crippen LogP) is 2.95. The van der Waals surface area contributed by atoms with Crippen LogP contribution in [0, 0.1) is 5.82 Å². The molecule has 4 nitrogen and oxygen atoms in total. The maximum Gasteiger partial charge on any atom is 0.257 e. The Morgan fingerprint density at radius 3 is 2.87 bits per heavy atom. The highest BCUT2D eigenvalue weighted by Crippen LogP contribution is 2.28. The van der Waals surface area contributed by atoms with Crippen LogP contribution in [-0.2, 0) is 0 Å². The van der Waals surface area contributed by atoms with E-state index >= 15 is 0 Å². The molecule has 0 radical (unpaired) electrons. The number of hydrogen-bond donors (Lipinski definition) is 1. The molecule has 1 amide bonds. The van der Waals surface area contributed by atoms with Crippen molar-refractivity contribution in [3.8, 4) is 0 Å². The fourth-order valence-electron chi connectivity index (χ4n) is 3.12. The van der Waals surface area contributed by atoms with Crippen molar-refractivity contribution in [2.75, 3.05) is 6.54 Å². The normalized spacial score (nSPS) is 18.9. The van der Waals surface area contributed by atoms with Crippen LogP contribution in [0.2, 0.25) is 0 Å². The second-order valence-electron chi connectivity index (χ2n) is 5.81. The number of carbonyl (C=O) groups is 1. The zero-order valence-corrected chi connectivity index (χ0v) is 12.7. The first-order chi connectivity index (χ1) is 11.2. The molecule has 2 atom stereocenters. The van der Waals surface area contributed by atoms with E-state index in [0.29, 0.717) is 13.0 Å². The minimum atomic E-state index is -0.628. The number of aliphatic hydroxyl groups excluding tert-OH is 1. The number of benzene rings is 1. The number of pyridine rings is 1. The minimum absolute atomic E-state index is 0.0427. The van der Waals surface area contributed by atoms with E-state index in [1.54, 1.807) is 4.90 Å². The SMILES string of the molecule is O=C(c1ccncc1F)N1CCCC1CC(O)c1ccccc1. The van der Waals surface area contributed by atoms with Gasteiger partial charge in [0.25, 0.3) is 5.91 Å². The maximum atomic E-state index is 13.8. The van der Waals surface area contributed by atoms with E-state index in [9.17, 15) is 14.3 Å². The first-order valence-corrected chi connectivity index (χ1v) is 7.80. The lowest BCUT2D eigenvalue weighted by Crippen LogP contribution is -2.37. The Labute approximate surface area is 134 Å². The molecule has 1 saturated heterocycles. The number of likely N-dealkylation sites (tertiary alicyclic amines) is 1. The predicted molar refractivity (Wildman–Crippen MR) is 84.3 cm³/mol. The highest BCUT2D eigenvalue weighted by Gasteiger charge is 2.32. The number of hydrogen-bond acceptors (Lipinski definition) is 3. The van der Waals surface area contributed by atoms with Crippen LogP contribution in [0.5, 0.6) is 0 Å². The summed E-state index contributed by atoms with van der Waals surface area (Å²) in [7, 11) is 0.